The van der Waals surface area contributed by atoms with Crippen molar-refractivity contribution in [1.82, 2.24) is 14.8 Å². The van der Waals surface area contributed by atoms with Gasteiger partial charge in [-0.25, -0.2) is 4.39 Å². The number of nitrogens with zero attached hydrogens (tertiary/aromatic N) is 2. The van der Waals surface area contributed by atoms with Gasteiger partial charge in [0.05, 0.1) is 0 Å². The molecule has 1 atom stereocenters. The van der Waals surface area contributed by atoms with Gasteiger partial charge in [-0.05, 0) is 42.7 Å². The van der Waals surface area contributed by atoms with Crippen LogP contribution in [0.2, 0.25) is 0 Å². The first-order valence-corrected chi connectivity index (χ1v) is 8.08. The van der Waals surface area contributed by atoms with Gasteiger partial charge in [-0.3, -0.25) is 9.69 Å². The van der Waals surface area contributed by atoms with Crippen LogP contribution in [0.15, 0.2) is 42.6 Å². The van der Waals surface area contributed by atoms with Crippen LogP contribution in [-0.2, 0) is 6.54 Å². The number of nitrogens with one attached hydrogen (secondary N) is 1. The molecule has 23 heavy (non-hydrogen) atoms. The van der Waals surface area contributed by atoms with E-state index < -0.39 is 0 Å². The third-order valence-corrected chi connectivity index (χ3v) is 5.25. The summed E-state index contributed by atoms with van der Waals surface area (Å²) in [7, 11) is 0. The maximum Gasteiger partial charge on any atom is 0.270 e. The number of amides is 1. The van der Waals surface area contributed by atoms with Crippen LogP contribution in [0.5, 0.6) is 0 Å². The Morgan fingerprint density at radius 2 is 1.96 bits per heavy atom. The Balaban J connectivity index is 1.43. The molecule has 1 spiro atoms. The van der Waals surface area contributed by atoms with Gasteiger partial charge in [0.25, 0.3) is 5.91 Å². The Bertz CT molecular complexity index is 698. The van der Waals surface area contributed by atoms with E-state index in [4.69, 9.17) is 0 Å². The summed E-state index contributed by atoms with van der Waals surface area (Å²) in [5.41, 5.74) is 1.89. The Labute approximate surface area is 134 Å². The minimum atomic E-state index is -0.198. The highest BCUT2D eigenvalue weighted by Crippen LogP contribution is 2.40. The Kier molecular flexibility index (Phi) is 3.45. The predicted octanol–water partition coefficient (Wildman–Crippen LogP) is 2.64. The summed E-state index contributed by atoms with van der Waals surface area (Å²) in [4.78, 5) is 19.8. The lowest BCUT2D eigenvalue weighted by Gasteiger charge is -2.50. The summed E-state index contributed by atoms with van der Waals surface area (Å²) in [5, 5.41) is 0. The zero-order valence-corrected chi connectivity index (χ0v) is 13.0. The third kappa shape index (κ3) is 2.55. The molecule has 0 bridgehead atoms. The molecule has 2 aliphatic heterocycles. The first-order valence-electron chi connectivity index (χ1n) is 8.08. The van der Waals surface area contributed by atoms with Crippen molar-refractivity contribution in [3.8, 4) is 0 Å². The van der Waals surface area contributed by atoms with Crippen LogP contribution in [0.1, 0.15) is 28.9 Å². The van der Waals surface area contributed by atoms with Crippen molar-refractivity contribution < 1.29 is 9.18 Å². The Morgan fingerprint density at radius 3 is 2.61 bits per heavy atom. The van der Waals surface area contributed by atoms with E-state index in [0.29, 0.717) is 5.69 Å². The zero-order chi connectivity index (χ0) is 15.9. The molecule has 2 aromatic rings. The van der Waals surface area contributed by atoms with Gasteiger partial charge < -0.3 is 9.88 Å². The molecule has 0 aliphatic carbocycles. The summed E-state index contributed by atoms with van der Waals surface area (Å²) in [6.07, 6.45) is 3.92. The average molecular weight is 313 g/mol. The second-order valence-electron chi connectivity index (χ2n) is 6.58. The van der Waals surface area contributed by atoms with Crippen molar-refractivity contribution in [1.29, 1.82) is 0 Å². The van der Waals surface area contributed by atoms with Crippen molar-refractivity contribution in [3.05, 3.63) is 59.7 Å². The molecule has 2 fully saturated rings. The fraction of sp³-hybridized carbons (Fsp3) is 0.389. The van der Waals surface area contributed by atoms with Gasteiger partial charge in [0.2, 0.25) is 0 Å². The number of rotatable bonds is 3. The average Bonchev–Trinajstić information content (AvgIpc) is 3.23. The van der Waals surface area contributed by atoms with E-state index in [-0.39, 0.29) is 17.3 Å². The number of carbonyl (C=O) groups is 1. The molecule has 1 N–H and O–H groups in total. The van der Waals surface area contributed by atoms with Gasteiger partial charge in [0, 0.05) is 37.9 Å². The molecule has 1 aromatic carbocycles. The minimum Gasteiger partial charge on any atom is -0.357 e. The molecule has 2 aliphatic rings. The molecule has 4 rings (SSSR count). The molecule has 3 heterocycles. The van der Waals surface area contributed by atoms with Gasteiger partial charge in [0.1, 0.15) is 11.5 Å². The van der Waals surface area contributed by atoms with Crippen molar-refractivity contribution in [2.75, 3.05) is 19.6 Å². The van der Waals surface area contributed by atoms with Crippen LogP contribution in [-0.4, -0.2) is 45.9 Å². The van der Waals surface area contributed by atoms with Crippen molar-refractivity contribution in [2.24, 2.45) is 0 Å². The number of aromatic amines is 1. The molecule has 0 saturated carbocycles. The molecular weight excluding hydrogens is 293 g/mol. The van der Waals surface area contributed by atoms with Crippen LogP contribution in [0.3, 0.4) is 0 Å². The van der Waals surface area contributed by atoms with Gasteiger partial charge >= 0.3 is 0 Å². The van der Waals surface area contributed by atoms with Crippen LogP contribution >= 0.6 is 0 Å². The Hall–Kier alpha value is -2.14. The monoisotopic (exact) mass is 313 g/mol. The smallest absolute Gasteiger partial charge is 0.270 e. The second kappa shape index (κ2) is 5.49. The highest BCUT2D eigenvalue weighted by molar-refractivity contribution is 5.92. The molecule has 4 nitrogen and oxygen atoms in total. The summed E-state index contributed by atoms with van der Waals surface area (Å²) >= 11 is 0. The number of halogens is 1. The topological polar surface area (TPSA) is 39.3 Å². The standard InChI is InChI=1S/C18H20FN3O/c19-15-5-3-14(4-6-15)12-22-11-8-18(22)7-10-21(13-18)17(23)16-2-1-9-20-16/h1-6,9,20H,7-8,10-13H2/t18-/m1/s1. The number of H-pyrrole nitrogens is 1. The van der Waals surface area contributed by atoms with Crippen LogP contribution in [0, 0.1) is 5.82 Å². The van der Waals surface area contributed by atoms with Gasteiger partial charge in [-0.2, -0.15) is 0 Å². The quantitative estimate of drug-likeness (QED) is 0.946. The highest BCUT2D eigenvalue weighted by Gasteiger charge is 2.50. The molecule has 0 unspecified atom stereocenters. The largest absolute Gasteiger partial charge is 0.357 e. The number of benzene rings is 1. The van der Waals surface area contributed by atoms with E-state index in [9.17, 15) is 9.18 Å². The van der Waals surface area contributed by atoms with E-state index in [0.717, 1.165) is 44.6 Å². The van der Waals surface area contributed by atoms with Crippen LogP contribution in [0.4, 0.5) is 4.39 Å². The van der Waals surface area contributed by atoms with Crippen molar-refractivity contribution in [3.63, 3.8) is 0 Å². The summed E-state index contributed by atoms with van der Waals surface area (Å²) in [6.45, 7) is 3.45. The molecule has 5 heteroatoms. The SMILES string of the molecule is O=C(c1ccc[nH]1)N1CC[C@@]2(CCN2Cc2ccc(F)cc2)C1. The Morgan fingerprint density at radius 1 is 1.17 bits per heavy atom. The zero-order valence-electron chi connectivity index (χ0n) is 13.0. The van der Waals surface area contributed by atoms with E-state index >= 15 is 0 Å². The first-order chi connectivity index (χ1) is 11.2. The van der Waals surface area contributed by atoms with Crippen LogP contribution in [0.25, 0.3) is 0 Å². The van der Waals surface area contributed by atoms with Crippen molar-refractivity contribution in [2.45, 2.75) is 24.9 Å². The fourth-order valence-corrected chi connectivity index (χ4v) is 3.77. The number of hydrogen-bond acceptors (Lipinski definition) is 2. The van der Waals surface area contributed by atoms with E-state index in [2.05, 4.69) is 9.88 Å². The first kappa shape index (κ1) is 14.5. The number of carbonyl (C=O) groups excluding carboxylic acids is 1. The maximum atomic E-state index is 13.0. The molecule has 120 valence electrons. The second-order valence-corrected chi connectivity index (χ2v) is 6.58. The van der Waals surface area contributed by atoms with Crippen molar-refractivity contribution >= 4 is 5.91 Å². The normalized spacial score (nSPS) is 24.1. The summed E-state index contributed by atoms with van der Waals surface area (Å²) < 4.78 is 13.0. The lowest BCUT2D eigenvalue weighted by molar-refractivity contribution is -0.0131. The van der Waals surface area contributed by atoms with Gasteiger partial charge in [0.15, 0.2) is 0 Å². The number of aromatic nitrogens is 1. The molecule has 0 radical (unpaired) electrons. The third-order valence-electron chi connectivity index (χ3n) is 5.25. The van der Waals surface area contributed by atoms with E-state index in [1.54, 1.807) is 6.20 Å². The lowest BCUT2D eigenvalue weighted by Crippen LogP contribution is -2.60. The van der Waals surface area contributed by atoms with E-state index in [1.165, 1.54) is 12.1 Å². The van der Waals surface area contributed by atoms with E-state index in [1.807, 2.05) is 29.2 Å². The fourth-order valence-electron chi connectivity index (χ4n) is 3.77. The number of hydrogen-bond donors (Lipinski definition) is 1. The highest BCUT2D eigenvalue weighted by atomic mass is 19.1. The molecule has 1 aromatic heterocycles. The van der Waals surface area contributed by atoms with Gasteiger partial charge in [-0.15, -0.1) is 0 Å². The molecular formula is C18H20FN3O. The summed E-state index contributed by atoms with van der Waals surface area (Å²) in [6, 6.07) is 10.4. The lowest BCUT2D eigenvalue weighted by atomic mass is 9.83. The number of likely N-dealkylation sites (tertiary alicyclic amines) is 2. The minimum absolute atomic E-state index is 0.0838. The maximum absolute atomic E-state index is 13.0. The predicted molar refractivity (Wildman–Crippen MR) is 85.5 cm³/mol. The summed E-state index contributed by atoms with van der Waals surface area (Å²) in [5.74, 6) is -0.115. The molecule has 2 saturated heterocycles. The van der Waals surface area contributed by atoms with Crippen LogP contribution < -0.4 is 0 Å². The molecule has 1 amide bonds. The van der Waals surface area contributed by atoms with Gasteiger partial charge in [-0.1, -0.05) is 12.1 Å².